The Balaban J connectivity index is 3.25. The first-order valence-corrected chi connectivity index (χ1v) is 4.74. The van der Waals surface area contributed by atoms with Gasteiger partial charge in [-0.1, -0.05) is 26.2 Å². The number of nitrogens with two attached hydrogens (primary N) is 1. The van der Waals surface area contributed by atoms with E-state index in [2.05, 4.69) is 6.92 Å². The second-order valence-electron chi connectivity index (χ2n) is 2.99. The van der Waals surface area contributed by atoms with Crippen LogP contribution >= 0.6 is 0 Å². The molecule has 0 atom stereocenters. The molecule has 3 heteroatoms. The van der Waals surface area contributed by atoms with Crippen molar-refractivity contribution in [1.82, 2.24) is 4.90 Å². The van der Waals surface area contributed by atoms with Crippen LogP contribution in [0.5, 0.6) is 0 Å². The molecule has 0 fully saturated rings. The standard InChI is InChI=1S/C9H20N2O/c1-2-3-4-5-7-11(9-12)8-6-10/h9H,2-8,10H2,1H3. The maximum atomic E-state index is 10.4. The Kier molecular flexibility index (Phi) is 8.12. The molecular weight excluding hydrogens is 152 g/mol. The van der Waals surface area contributed by atoms with Crippen LogP contribution in [0.15, 0.2) is 0 Å². The topological polar surface area (TPSA) is 46.3 Å². The average Bonchev–Trinajstić information content (AvgIpc) is 2.10. The van der Waals surface area contributed by atoms with Gasteiger partial charge in [0.1, 0.15) is 0 Å². The monoisotopic (exact) mass is 172 g/mol. The van der Waals surface area contributed by atoms with Crippen molar-refractivity contribution in [2.45, 2.75) is 32.6 Å². The second-order valence-corrected chi connectivity index (χ2v) is 2.99. The van der Waals surface area contributed by atoms with E-state index in [1.807, 2.05) is 0 Å². The summed E-state index contributed by atoms with van der Waals surface area (Å²) in [4.78, 5) is 12.2. The summed E-state index contributed by atoms with van der Waals surface area (Å²) in [6.45, 7) is 4.29. The third-order valence-corrected chi connectivity index (χ3v) is 1.86. The van der Waals surface area contributed by atoms with Crippen LogP contribution in [0.25, 0.3) is 0 Å². The fourth-order valence-electron chi connectivity index (χ4n) is 1.12. The van der Waals surface area contributed by atoms with Gasteiger partial charge in [0.2, 0.25) is 6.41 Å². The second kappa shape index (κ2) is 8.53. The third-order valence-electron chi connectivity index (χ3n) is 1.86. The molecule has 0 rings (SSSR count). The average molecular weight is 172 g/mol. The lowest BCUT2D eigenvalue weighted by molar-refractivity contribution is -0.118. The number of rotatable bonds is 8. The summed E-state index contributed by atoms with van der Waals surface area (Å²) in [5, 5.41) is 0. The maximum Gasteiger partial charge on any atom is 0.209 e. The molecule has 3 nitrogen and oxygen atoms in total. The highest BCUT2D eigenvalue weighted by atomic mass is 16.1. The Hall–Kier alpha value is -0.570. The summed E-state index contributed by atoms with van der Waals surface area (Å²) >= 11 is 0. The molecule has 0 aliphatic rings. The predicted octanol–water partition coefficient (Wildman–Crippen LogP) is 0.984. The molecule has 0 radical (unpaired) electrons. The molecule has 0 heterocycles. The van der Waals surface area contributed by atoms with Gasteiger partial charge in [0, 0.05) is 19.6 Å². The molecule has 2 N–H and O–H groups in total. The fraction of sp³-hybridized carbons (Fsp3) is 0.889. The van der Waals surface area contributed by atoms with Crippen LogP contribution in [0, 0.1) is 0 Å². The molecule has 1 amide bonds. The van der Waals surface area contributed by atoms with Crippen molar-refractivity contribution in [3.05, 3.63) is 0 Å². The zero-order chi connectivity index (χ0) is 9.23. The van der Waals surface area contributed by atoms with Gasteiger partial charge < -0.3 is 10.6 Å². The van der Waals surface area contributed by atoms with Crippen LogP contribution in [-0.2, 0) is 4.79 Å². The van der Waals surface area contributed by atoms with Gasteiger partial charge in [0.15, 0.2) is 0 Å². The van der Waals surface area contributed by atoms with Gasteiger partial charge in [-0.2, -0.15) is 0 Å². The smallest absolute Gasteiger partial charge is 0.209 e. The van der Waals surface area contributed by atoms with Crippen LogP contribution < -0.4 is 5.73 Å². The highest BCUT2D eigenvalue weighted by molar-refractivity contribution is 5.46. The molecule has 0 unspecified atom stereocenters. The Labute approximate surface area is 74.9 Å². The van der Waals surface area contributed by atoms with Gasteiger partial charge in [-0.3, -0.25) is 4.79 Å². The number of amides is 1. The number of carbonyl (C=O) groups excluding carboxylic acids is 1. The number of nitrogens with zero attached hydrogens (tertiary/aromatic N) is 1. The van der Waals surface area contributed by atoms with Crippen LogP contribution in [0.4, 0.5) is 0 Å². The summed E-state index contributed by atoms with van der Waals surface area (Å²) in [5.74, 6) is 0. The van der Waals surface area contributed by atoms with Crippen molar-refractivity contribution in [3.8, 4) is 0 Å². The predicted molar refractivity (Wildman–Crippen MR) is 50.8 cm³/mol. The van der Waals surface area contributed by atoms with E-state index in [0.29, 0.717) is 13.1 Å². The SMILES string of the molecule is CCCCCCN(C=O)CCN. The normalized spacial score (nSPS) is 9.83. The Morgan fingerprint density at radius 1 is 1.25 bits per heavy atom. The Bertz CT molecular complexity index is 107. The summed E-state index contributed by atoms with van der Waals surface area (Å²) < 4.78 is 0. The first-order chi connectivity index (χ1) is 5.85. The fourth-order valence-corrected chi connectivity index (χ4v) is 1.12. The van der Waals surface area contributed by atoms with E-state index in [1.54, 1.807) is 4.90 Å². The first kappa shape index (κ1) is 11.4. The van der Waals surface area contributed by atoms with Crippen molar-refractivity contribution in [2.24, 2.45) is 5.73 Å². The number of unbranched alkanes of at least 4 members (excludes halogenated alkanes) is 3. The lowest BCUT2D eigenvalue weighted by Crippen LogP contribution is -2.29. The van der Waals surface area contributed by atoms with Crippen molar-refractivity contribution in [2.75, 3.05) is 19.6 Å². The molecule has 0 aromatic heterocycles. The molecule has 72 valence electrons. The molecule has 0 aromatic rings. The van der Waals surface area contributed by atoms with Crippen LogP contribution in [0.1, 0.15) is 32.6 Å². The molecule has 12 heavy (non-hydrogen) atoms. The Morgan fingerprint density at radius 3 is 2.50 bits per heavy atom. The van der Waals surface area contributed by atoms with Gasteiger partial charge in [-0.25, -0.2) is 0 Å². The summed E-state index contributed by atoms with van der Waals surface area (Å²) in [6, 6.07) is 0. The minimum Gasteiger partial charge on any atom is -0.344 e. The highest BCUT2D eigenvalue weighted by Gasteiger charge is 1.98. The zero-order valence-corrected chi connectivity index (χ0v) is 7.96. The van der Waals surface area contributed by atoms with Crippen LogP contribution in [0.3, 0.4) is 0 Å². The number of carbonyl (C=O) groups is 1. The maximum absolute atomic E-state index is 10.4. The van der Waals surface area contributed by atoms with Crippen molar-refractivity contribution in [3.63, 3.8) is 0 Å². The van der Waals surface area contributed by atoms with Crippen LogP contribution in [0.2, 0.25) is 0 Å². The van der Waals surface area contributed by atoms with E-state index < -0.39 is 0 Å². The van der Waals surface area contributed by atoms with E-state index >= 15 is 0 Å². The van der Waals surface area contributed by atoms with Crippen molar-refractivity contribution >= 4 is 6.41 Å². The number of hydrogen-bond donors (Lipinski definition) is 1. The molecule has 0 saturated heterocycles. The molecule has 0 spiro atoms. The summed E-state index contributed by atoms with van der Waals surface area (Å²) in [6.07, 6.45) is 5.70. The highest BCUT2D eigenvalue weighted by Crippen LogP contribution is 1.99. The largest absolute Gasteiger partial charge is 0.344 e. The van der Waals surface area contributed by atoms with E-state index in [1.165, 1.54) is 19.3 Å². The van der Waals surface area contributed by atoms with Crippen molar-refractivity contribution in [1.29, 1.82) is 0 Å². The summed E-state index contributed by atoms with van der Waals surface area (Å²) in [7, 11) is 0. The lowest BCUT2D eigenvalue weighted by atomic mass is 10.2. The molecule has 0 aliphatic carbocycles. The molecular formula is C9H20N2O. The minimum absolute atomic E-state index is 0.562. The Morgan fingerprint density at radius 2 is 2.00 bits per heavy atom. The molecule has 0 bridgehead atoms. The zero-order valence-electron chi connectivity index (χ0n) is 7.96. The third kappa shape index (κ3) is 6.16. The van der Waals surface area contributed by atoms with Gasteiger partial charge in [-0.15, -0.1) is 0 Å². The van der Waals surface area contributed by atoms with Crippen molar-refractivity contribution < 1.29 is 4.79 Å². The van der Waals surface area contributed by atoms with Crippen LogP contribution in [-0.4, -0.2) is 30.9 Å². The van der Waals surface area contributed by atoms with E-state index in [-0.39, 0.29) is 0 Å². The molecule has 0 saturated carbocycles. The minimum atomic E-state index is 0.562. The van der Waals surface area contributed by atoms with Gasteiger partial charge in [0.05, 0.1) is 0 Å². The van der Waals surface area contributed by atoms with E-state index in [4.69, 9.17) is 5.73 Å². The molecule has 0 aliphatic heterocycles. The van der Waals surface area contributed by atoms with Gasteiger partial charge in [-0.05, 0) is 6.42 Å². The van der Waals surface area contributed by atoms with Gasteiger partial charge >= 0.3 is 0 Å². The number of hydrogen-bond acceptors (Lipinski definition) is 2. The van der Waals surface area contributed by atoms with E-state index in [0.717, 1.165) is 19.4 Å². The van der Waals surface area contributed by atoms with Gasteiger partial charge in [0.25, 0.3) is 0 Å². The van der Waals surface area contributed by atoms with E-state index in [9.17, 15) is 4.79 Å². The lowest BCUT2D eigenvalue weighted by Gasteiger charge is -2.15. The molecule has 0 aromatic carbocycles. The first-order valence-electron chi connectivity index (χ1n) is 4.74. The quantitative estimate of drug-likeness (QED) is 0.438. The summed E-state index contributed by atoms with van der Waals surface area (Å²) in [5.41, 5.74) is 5.33.